The molecule has 1 atom stereocenters. The Labute approximate surface area is 170 Å². The number of ketones is 1. The van der Waals surface area contributed by atoms with Gasteiger partial charge in [0, 0.05) is 31.0 Å². The molecule has 0 aromatic heterocycles. The Morgan fingerprint density at radius 3 is 2.43 bits per heavy atom. The van der Waals surface area contributed by atoms with E-state index in [1.807, 2.05) is 6.07 Å². The van der Waals surface area contributed by atoms with Gasteiger partial charge in [-0.3, -0.25) is 9.59 Å². The largest absolute Gasteiger partial charge is 0.493 e. The van der Waals surface area contributed by atoms with Crippen LogP contribution in [-0.2, 0) is 4.79 Å². The molecule has 1 aliphatic rings. The smallest absolute Gasteiger partial charge is 0.217 e. The van der Waals surface area contributed by atoms with Crippen molar-refractivity contribution in [2.24, 2.45) is 5.92 Å². The van der Waals surface area contributed by atoms with Gasteiger partial charge in [-0.15, -0.1) is 0 Å². The van der Waals surface area contributed by atoms with Crippen molar-refractivity contribution in [3.63, 3.8) is 0 Å². The van der Waals surface area contributed by atoms with Crippen molar-refractivity contribution in [1.82, 2.24) is 5.32 Å². The fourth-order valence-electron chi connectivity index (χ4n) is 2.78. The lowest BCUT2D eigenvalue weighted by molar-refractivity contribution is -0.119. The molecule has 0 bridgehead atoms. The fourth-order valence-corrected chi connectivity index (χ4v) is 2.99. The molecule has 1 saturated carbocycles. The Morgan fingerprint density at radius 1 is 1.14 bits per heavy atom. The number of halogens is 1. The molecule has 148 valence electrons. The van der Waals surface area contributed by atoms with E-state index in [2.05, 4.69) is 5.32 Å². The highest BCUT2D eigenvalue weighted by Gasteiger charge is 2.22. The van der Waals surface area contributed by atoms with Crippen LogP contribution in [0.3, 0.4) is 0 Å². The third-order valence-corrected chi connectivity index (χ3v) is 4.73. The van der Waals surface area contributed by atoms with Crippen molar-refractivity contribution in [2.45, 2.75) is 39.2 Å². The summed E-state index contributed by atoms with van der Waals surface area (Å²) in [6.45, 7) is 3.97. The molecular formula is C22H24ClNO4. The van der Waals surface area contributed by atoms with E-state index in [1.54, 1.807) is 43.3 Å². The summed E-state index contributed by atoms with van der Waals surface area (Å²) in [4.78, 5) is 23.3. The van der Waals surface area contributed by atoms with Gasteiger partial charge in [-0.2, -0.15) is 0 Å². The van der Waals surface area contributed by atoms with E-state index in [-0.39, 0.29) is 24.2 Å². The first kappa shape index (κ1) is 20.2. The highest BCUT2D eigenvalue weighted by molar-refractivity contribution is 6.32. The first-order valence-corrected chi connectivity index (χ1v) is 9.79. The molecule has 0 aliphatic heterocycles. The number of carbonyl (C=O) groups excluding carboxylic acids is 2. The van der Waals surface area contributed by atoms with Crippen molar-refractivity contribution in [1.29, 1.82) is 0 Å². The minimum atomic E-state index is -0.208. The minimum absolute atomic E-state index is 0.0389. The van der Waals surface area contributed by atoms with E-state index in [1.165, 1.54) is 19.8 Å². The number of carbonyl (C=O) groups is 2. The van der Waals surface area contributed by atoms with Gasteiger partial charge in [0.2, 0.25) is 5.91 Å². The lowest BCUT2D eigenvalue weighted by Gasteiger charge is -2.12. The molecule has 3 rings (SSSR count). The molecule has 2 aromatic rings. The van der Waals surface area contributed by atoms with Crippen LogP contribution in [0.25, 0.3) is 0 Å². The SMILES string of the molecule is CC(=O)NC(C)CC(=O)c1ccc(Oc2ccc(OCC3CC3)cc2Cl)cc1. The molecule has 1 fully saturated rings. The second-order valence-electron chi connectivity index (χ2n) is 7.20. The van der Waals surface area contributed by atoms with Gasteiger partial charge in [0.15, 0.2) is 5.78 Å². The molecule has 6 heteroatoms. The average molecular weight is 402 g/mol. The second kappa shape index (κ2) is 9.11. The number of hydrogen-bond donors (Lipinski definition) is 1. The quantitative estimate of drug-likeness (QED) is 0.599. The first-order chi connectivity index (χ1) is 13.4. The van der Waals surface area contributed by atoms with Gasteiger partial charge in [-0.25, -0.2) is 0 Å². The molecule has 0 saturated heterocycles. The van der Waals surface area contributed by atoms with Gasteiger partial charge in [0.25, 0.3) is 0 Å². The summed E-state index contributed by atoms with van der Waals surface area (Å²) < 4.78 is 11.5. The maximum Gasteiger partial charge on any atom is 0.217 e. The molecule has 2 aromatic carbocycles. The summed E-state index contributed by atoms with van der Waals surface area (Å²) >= 11 is 6.30. The van der Waals surface area contributed by atoms with Crippen LogP contribution < -0.4 is 14.8 Å². The Morgan fingerprint density at radius 2 is 1.82 bits per heavy atom. The van der Waals surface area contributed by atoms with E-state index < -0.39 is 0 Å². The average Bonchev–Trinajstić information content (AvgIpc) is 3.46. The predicted octanol–water partition coefficient (Wildman–Crippen LogP) is 5.02. The van der Waals surface area contributed by atoms with Gasteiger partial charge >= 0.3 is 0 Å². The van der Waals surface area contributed by atoms with Gasteiger partial charge in [0.1, 0.15) is 17.2 Å². The number of nitrogens with one attached hydrogen (secondary N) is 1. The minimum Gasteiger partial charge on any atom is -0.493 e. The molecule has 1 unspecified atom stereocenters. The lowest BCUT2D eigenvalue weighted by atomic mass is 10.0. The van der Waals surface area contributed by atoms with E-state index in [4.69, 9.17) is 21.1 Å². The van der Waals surface area contributed by atoms with Gasteiger partial charge < -0.3 is 14.8 Å². The Bertz CT molecular complexity index is 846. The highest BCUT2D eigenvalue weighted by atomic mass is 35.5. The Hall–Kier alpha value is -2.53. The summed E-state index contributed by atoms with van der Waals surface area (Å²) in [5.74, 6) is 2.34. The highest BCUT2D eigenvalue weighted by Crippen LogP contribution is 2.34. The number of ether oxygens (including phenoxy) is 2. The molecule has 0 radical (unpaired) electrons. The lowest BCUT2D eigenvalue weighted by Crippen LogP contribution is -2.32. The zero-order chi connectivity index (χ0) is 20.1. The maximum atomic E-state index is 12.3. The van der Waals surface area contributed by atoms with E-state index >= 15 is 0 Å². The van der Waals surface area contributed by atoms with Crippen LogP contribution in [0.1, 0.15) is 43.5 Å². The topological polar surface area (TPSA) is 64.6 Å². The Kier molecular flexibility index (Phi) is 6.57. The molecular weight excluding hydrogens is 378 g/mol. The van der Waals surface area contributed by atoms with E-state index in [0.717, 1.165) is 12.4 Å². The first-order valence-electron chi connectivity index (χ1n) is 9.41. The molecule has 1 aliphatic carbocycles. The van der Waals surface area contributed by atoms with Gasteiger partial charge in [0.05, 0.1) is 11.6 Å². The molecule has 1 N–H and O–H groups in total. The van der Waals surface area contributed by atoms with Crippen molar-refractivity contribution in [2.75, 3.05) is 6.61 Å². The van der Waals surface area contributed by atoms with Crippen LogP contribution in [0, 0.1) is 5.92 Å². The molecule has 0 heterocycles. The number of Topliss-reactive ketones (excluding diaryl/α,β-unsaturated/α-hetero) is 1. The second-order valence-corrected chi connectivity index (χ2v) is 7.61. The number of benzene rings is 2. The zero-order valence-corrected chi connectivity index (χ0v) is 16.8. The van der Waals surface area contributed by atoms with Gasteiger partial charge in [-0.1, -0.05) is 11.6 Å². The zero-order valence-electron chi connectivity index (χ0n) is 16.0. The monoisotopic (exact) mass is 401 g/mol. The van der Waals surface area contributed by atoms with Crippen molar-refractivity contribution >= 4 is 23.3 Å². The van der Waals surface area contributed by atoms with Gasteiger partial charge in [-0.05, 0) is 62.1 Å². The summed E-state index contributed by atoms with van der Waals surface area (Å²) in [6.07, 6.45) is 2.72. The summed E-state index contributed by atoms with van der Waals surface area (Å²) in [5, 5.41) is 3.18. The fraction of sp³-hybridized carbons (Fsp3) is 0.364. The van der Waals surface area contributed by atoms with Crippen LogP contribution in [0.5, 0.6) is 17.2 Å². The summed E-state index contributed by atoms with van der Waals surface area (Å²) in [5.41, 5.74) is 0.569. The number of amides is 1. The maximum absolute atomic E-state index is 12.3. The normalized spacial score (nSPS) is 14.2. The molecule has 1 amide bonds. The predicted molar refractivity (Wildman–Crippen MR) is 108 cm³/mol. The molecule has 28 heavy (non-hydrogen) atoms. The van der Waals surface area contributed by atoms with E-state index in [9.17, 15) is 9.59 Å². The Balaban J connectivity index is 1.57. The van der Waals surface area contributed by atoms with Crippen LogP contribution in [0.2, 0.25) is 5.02 Å². The van der Waals surface area contributed by atoms with Crippen molar-refractivity contribution in [3.05, 3.63) is 53.1 Å². The third kappa shape index (κ3) is 5.99. The van der Waals surface area contributed by atoms with Crippen LogP contribution in [-0.4, -0.2) is 24.3 Å². The third-order valence-electron chi connectivity index (χ3n) is 4.43. The van der Waals surface area contributed by atoms with Crippen LogP contribution >= 0.6 is 11.6 Å². The summed E-state index contributed by atoms with van der Waals surface area (Å²) in [7, 11) is 0. The van der Waals surface area contributed by atoms with Crippen LogP contribution in [0.4, 0.5) is 0 Å². The van der Waals surface area contributed by atoms with Crippen molar-refractivity contribution < 1.29 is 19.1 Å². The molecule has 0 spiro atoms. The van der Waals surface area contributed by atoms with E-state index in [0.29, 0.717) is 28.0 Å². The number of hydrogen-bond acceptors (Lipinski definition) is 4. The number of rotatable bonds is 9. The summed E-state index contributed by atoms with van der Waals surface area (Å²) in [6, 6.07) is 12.0. The van der Waals surface area contributed by atoms with Crippen LogP contribution in [0.15, 0.2) is 42.5 Å². The molecule has 5 nitrogen and oxygen atoms in total. The van der Waals surface area contributed by atoms with Crippen molar-refractivity contribution in [3.8, 4) is 17.2 Å². The standard InChI is InChI=1S/C22H24ClNO4/c1-14(24-15(2)25)11-21(26)17-5-7-18(8-6-17)28-22-10-9-19(12-20(22)23)27-13-16-3-4-16/h5-10,12,14,16H,3-4,11,13H2,1-2H3,(H,24,25).